The minimum absolute atomic E-state index is 0.107. The molecular formula is C19H18FNO6S. The van der Waals surface area contributed by atoms with Crippen LogP contribution < -0.4 is 4.74 Å². The Bertz CT molecular complexity index is 998. The number of esters is 1. The third kappa shape index (κ3) is 4.27. The molecule has 2 aromatic carbocycles. The van der Waals surface area contributed by atoms with E-state index in [1.807, 2.05) is 0 Å². The SMILES string of the molecule is CC(=O)c1ccc(OC(=O)c2cc(S(=O)(=O)N3CCOCC3)ccc2F)cc1. The van der Waals surface area contributed by atoms with E-state index < -0.39 is 27.4 Å². The van der Waals surface area contributed by atoms with Crippen LogP contribution in [0.5, 0.6) is 5.75 Å². The van der Waals surface area contributed by atoms with E-state index in [1.54, 1.807) is 0 Å². The van der Waals surface area contributed by atoms with E-state index in [-0.39, 0.29) is 42.7 Å². The van der Waals surface area contributed by atoms with E-state index in [0.717, 1.165) is 18.2 Å². The Hall–Kier alpha value is -2.62. The van der Waals surface area contributed by atoms with Crippen LogP contribution in [0.1, 0.15) is 27.6 Å². The average molecular weight is 407 g/mol. The lowest BCUT2D eigenvalue weighted by molar-refractivity contribution is 0.0724. The molecule has 2 aromatic rings. The van der Waals surface area contributed by atoms with Crippen molar-refractivity contribution in [2.24, 2.45) is 0 Å². The highest BCUT2D eigenvalue weighted by molar-refractivity contribution is 7.89. The largest absolute Gasteiger partial charge is 0.423 e. The molecule has 1 aliphatic rings. The van der Waals surface area contributed by atoms with Crippen molar-refractivity contribution in [3.05, 3.63) is 59.4 Å². The number of nitrogens with zero attached hydrogens (tertiary/aromatic N) is 1. The fraction of sp³-hybridized carbons (Fsp3) is 0.263. The van der Waals surface area contributed by atoms with Gasteiger partial charge in [0.15, 0.2) is 5.78 Å². The molecule has 0 aromatic heterocycles. The molecule has 0 spiro atoms. The fourth-order valence-corrected chi connectivity index (χ4v) is 4.11. The van der Waals surface area contributed by atoms with Gasteiger partial charge in [-0.3, -0.25) is 4.79 Å². The molecule has 28 heavy (non-hydrogen) atoms. The number of rotatable bonds is 5. The Morgan fingerprint density at radius 1 is 1.07 bits per heavy atom. The van der Waals surface area contributed by atoms with Crippen LogP contribution in [0, 0.1) is 5.82 Å². The Morgan fingerprint density at radius 2 is 1.71 bits per heavy atom. The maximum Gasteiger partial charge on any atom is 0.346 e. The lowest BCUT2D eigenvalue weighted by Gasteiger charge is -2.26. The number of halogens is 1. The molecule has 1 heterocycles. The summed E-state index contributed by atoms with van der Waals surface area (Å²) in [6.07, 6.45) is 0. The van der Waals surface area contributed by atoms with Crippen molar-refractivity contribution in [2.75, 3.05) is 26.3 Å². The van der Waals surface area contributed by atoms with E-state index in [9.17, 15) is 22.4 Å². The number of benzene rings is 2. The zero-order valence-corrected chi connectivity index (χ0v) is 15.9. The van der Waals surface area contributed by atoms with Crippen molar-refractivity contribution in [2.45, 2.75) is 11.8 Å². The molecule has 9 heteroatoms. The molecule has 0 radical (unpaired) electrons. The van der Waals surface area contributed by atoms with E-state index in [4.69, 9.17) is 9.47 Å². The summed E-state index contributed by atoms with van der Waals surface area (Å²) in [5.74, 6) is -1.97. The maximum absolute atomic E-state index is 14.1. The molecule has 0 saturated carbocycles. The van der Waals surface area contributed by atoms with Gasteiger partial charge in [-0.05, 0) is 49.4 Å². The highest BCUT2D eigenvalue weighted by Gasteiger charge is 2.28. The van der Waals surface area contributed by atoms with Gasteiger partial charge in [-0.15, -0.1) is 0 Å². The summed E-state index contributed by atoms with van der Waals surface area (Å²) in [6, 6.07) is 8.75. The first-order valence-corrected chi connectivity index (χ1v) is 9.93. The molecule has 1 aliphatic heterocycles. The predicted octanol–water partition coefficient (Wildman–Crippen LogP) is 2.27. The van der Waals surface area contributed by atoms with Crippen LogP contribution in [-0.4, -0.2) is 50.8 Å². The highest BCUT2D eigenvalue weighted by Crippen LogP contribution is 2.22. The Morgan fingerprint density at radius 3 is 2.32 bits per heavy atom. The molecule has 0 N–H and O–H groups in total. The third-order valence-corrected chi connectivity index (χ3v) is 6.13. The molecule has 3 rings (SSSR count). The molecule has 0 bridgehead atoms. The van der Waals surface area contributed by atoms with Crippen LogP contribution in [0.3, 0.4) is 0 Å². The first-order valence-electron chi connectivity index (χ1n) is 8.49. The summed E-state index contributed by atoms with van der Waals surface area (Å²) in [5, 5.41) is 0. The Labute approximate surface area is 161 Å². The normalized spacial score (nSPS) is 15.2. The lowest BCUT2D eigenvalue weighted by atomic mass is 10.1. The minimum Gasteiger partial charge on any atom is -0.423 e. The van der Waals surface area contributed by atoms with Crippen molar-refractivity contribution >= 4 is 21.8 Å². The standard InChI is InChI=1S/C19H18FNO6S/c1-13(22)14-2-4-15(5-3-14)27-19(23)17-12-16(6-7-18(17)20)28(24,25)21-8-10-26-11-9-21/h2-7,12H,8-11H2,1H3. The molecule has 0 amide bonds. The van der Waals surface area contributed by atoms with Gasteiger partial charge in [0.2, 0.25) is 10.0 Å². The van der Waals surface area contributed by atoms with Gasteiger partial charge in [0.1, 0.15) is 11.6 Å². The van der Waals surface area contributed by atoms with Gasteiger partial charge >= 0.3 is 5.97 Å². The molecule has 0 unspecified atom stereocenters. The van der Waals surface area contributed by atoms with Crippen LogP contribution >= 0.6 is 0 Å². The monoisotopic (exact) mass is 407 g/mol. The summed E-state index contributed by atoms with van der Waals surface area (Å²) < 4.78 is 51.0. The van der Waals surface area contributed by atoms with Crippen LogP contribution in [0.25, 0.3) is 0 Å². The Balaban J connectivity index is 1.84. The molecule has 0 aliphatic carbocycles. The minimum atomic E-state index is -3.88. The van der Waals surface area contributed by atoms with Crippen LogP contribution in [0.4, 0.5) is 4.39 Å². The van der Waals surface area contributed by atoms with Crippen LogP contribution in [0.2, 0.25) is 0 Å². The van der Waals surface area contributed by atoms with Crippen molar-refractivity contribution in [1.82, 2.24) is 4.31 Å². The van der Waals surface area contributed by atoms with E-state index in [2.05, 4.69) is 0 Å². The van der Waals surface area contributed by atoms with Crippen molar-refractivity contribution < 1.29 is 31.9 Å². The summed E-state index contributed by atoms with van der Waals surface area (Å²) in [4.78, 5) is 23.4. The predicted molar refractivity (Wildman–Crippen MR) is 97.4 cm³/mol. The zero-order chi connectivity index (χ0) is 20.3. The number of morpholine rings is 1. The summed E-state index contributed by atoms with van der Waals surface area (Å²) in [5.41, 5.74) is -0.0606. The number of hydrogen-bond donors (Lipinski definition) is 0. The van der Waals surface area contributed by atoms with Gasteiger partial charge in [-0.1, -0.05) is 0 Å². The molecule has 1 saturated heterocycles. The molecule has 0 atom stereocenters. The van der Waals surface area contributed by atoms with Crippen LogP contribution in [0.15, 0.2) is 47.4 Å². The second-order valence-corrected chi connectivity index (χ2v) is 8.07. The van der Waals surface area contributed by atoms with E-state index in [1.165, 1.54) is 35.5 Å². The smallest absolute Gasteiger partial charge is 0.346 e. The Kier molecular flexibility index (Phi) is 5.87. The number of ketones is 1. The van der Waals surface area contributed by atoms with E-state index in [0.29, 0.717) is 5.56 Å². The fourth-order valence-electron chi connectivity index (χ4n) is 2.68. The molecule has 7 nitrogen and oxygen atoms in total. The summed E-state index contributed by atoms with van der Waals surface area (Å²) in [7, 11) is -3.88. The highest BCUT2D eigenvalue weighted by atomic mass is 32.2. The van der Waals surface area contributed by atoms with Crippen molar-refractivity contribution in [3.8, 4) is 5.75 Å². The van der Waals surface area contributed by atoms with Gasteiger partial charge in [-0.25, -0.2) is 17.6 Å². The zero-order valence-electron chi connectivity index (χ0n) is 15.1. The van der Waals surface area contributed by atoms with E-state index >= 15 is 0 Å². The number of carbonyl (C=O) groups is 2. The first-order chi connectivity index (χ1) is 13.3. The molecule has 148 valence electrons. The molecular weight excluding hydrogens is 389 g/mol. The van der Waals surface area contributed by atoms with Crippen LogP contribution in [-0.2, 0) is 14.8 Å². The second-order valence-electron chi connectivity index (χ2n) is 6.13. The maximum atomic E-state index is 14.1. The van der Waals surface area contributed by atoms with Gasteiger partial charge in [0.25, 0.3) is 0 Å². The third-order valence-electron chi connectivity index (χ3n) is 4.24. The summed E-state index contributed by atoms with van der Waals surface area (Å²) in [6.45, 7) is 2.30. The number of sulfonamides is 1. The van der Waals surface area contributed by atoms with Crippen molar-refractivity contribution in [3.63, 3.8) is 0 Å². The number of carbonyl (C=O) groups excluding carboxylic acids is 2. The van der Waals surface area contributed by atoms with Crippen molar-refractivity contribution in [1.29, 1.82) is 0 Å². The summed E-state index contributed by atoms with van der Waals surface area (Å²) >= 11 is 0. The van der Waals surface area contributed by atoms with Gasteiger partial charge in [0.05, 0.1) is 23.7 Å². The number of Topliss-reactive ketones (excluding diaryl/α,β-unsaturated/α-hetero) is 1. The second kappa shape index (κ2) is 8.17. The average Bonchev–Trinajstić information content (AvgIpc) is 2.69. The number of ether oxygens (including phenoxy) is 2. The topological polar surface area (TPSA) is 90.0 Å². The quantitative estimate of drug-likeness (QED) is 0.429. The van der Waals surface area contributed by atoms with Gasteiger partial charge < -0.3 is 9.47 Å². The van der Waals surface area contributed by atoms with Gasteiger partial charge in [-0.2, -0.15) is 4.31 Å². The molecule has 1 fully saturated rings. The lowest BCUT2D eigenvalue weighted by Crippen LogP contribution is -2.40. The first kappa shape index (κ1) is 20.1. The number of hydrogen-bond acceptors (Lipinski definition) is 6. The van der Waals surface area contributed by atoms with Gasteiger partial charge in [0, 0.05) is 18.7 Å².